The Morgan fingerprint density at radius 1 is 1.12 bits per heavy atom. The highest BCUT2D eigenvalue weighted by Gasteiger charge is 2.51. The van der Waals surface area contributed by atoms with Crippen molar-refractivity contribution in [3.63, 3.8) is 0 Å². The summed E-state index contributed by atoms with van der Waals surface area (Å²) in [6, 6.07) is 0. The van der Waals surface area contributed by atoms with Crippen molar-refractivity contribution in [1.82, 2.24) is 10.6 Å². The third-order valence-electron chi connectivity index (χ3n) is 5.04. The van der Waals surface area contributed by atoms with Gasteiger partial charge in [0.05, 0.1) is 0 Å². The molecule has 0 aromatic heterocycles. The fourth-order valence-electron chi connectivity index (χ4n) is 4.86. The maximum atomic E-state index is 11.9. The first-order valence-corrected chi connectivity index (χ1v) is 7.15. The summed E-state index contributed by atoms with van der Waals surface area (Å²) >= 11 is 0. The average molecular weight is 236 g/mol. The van der Waals surface area contributed by atoms with Crippen LogP contribution < -0.4 is 10.6 Å². The molecule has 3 nitrogen and oxygen atoms in total. The fraction of sp³-hybridized carbons (Fsp3) is 0.929. The first kappa shape index (κ1) is 11.5. The Morgan fingerprint density at radius 2 is 1.65 bits per heavy atom. The Balaban J connectivity index is 1.64. The molecule has 0 unspecified atom stereocenters. The van der Waals surface area contributed by atoms with E-state index < -0.39 is 0 Å². The monoisotopic (exact) mass is 236 g/mol. The van der Waals surface area contributed by atoms with Crippen LogP contribution in [0, 0.1) is 17.8 Å². The minimum atomic E-state index is 0.194. The van der Waals surface area contributed by atoms with E-state index in [1.807, 2.05) is 7.05 Å². The maximum Gasteiger partial charge on any atom is 0.221 e. The largest absolute Gasteiger partial charge is 0.351 e. The van der Waals surface area contributed by atoms with Crippen LogP contribution in [-0.4, -0.2) is 25.0 Å². The Kier molecular flexibility index (Phi) is 2.89. The van der Waals surface area contributed by atoms with Gasteiger partial charge in [-0.05, 0) is 63.3 Å². The van der Waals surface area contributed by atoms with Gasteiger partial charge in [-0.1, -0.05) is 0 Å². The van der Waals surface area contributed by atoms with Crippen LogP contribution in [0.5, 0.6) is 0 Å². The molecule has 0 aromatic carbocycles. The number of carbonyl (C=O) groups excluding carboxylic acids is 1. The first-order chi connectivity index (χ1) is 8.19. The van der Waals surface area contributed by atoms with E-state index in [-0.39, 0.29) is 11.4 Å². The van der Waals surface area contributed by atoms with Gasteiger partial charge in [-0.25, -0.2) is 0 Å². The van der Waals surface area contributed by atoms with Gasteiger partial charge in [0.2, 0.25) is 5.91 Å². The zero-order valence-corrected chi connectivity index (χ0v) is 10.8. The summed E-state index contributed by atoms with van der Waals surface area (Å²) in [5.74, 6) is 2.98. The van der Waals surface area contributed by atoms with Crippen molar-refractivity contribution < 1.29 is 4.79 Å². The molecule has 4 bridgehead atoms. The third-order valence-corrected chi connectivity index (χ3v) is 5.04. The van der Waals surface area contributed by atoms with Gasteiger partial charge < -0.3 is 10.6 Å². The molecule has 4 rings (SSSR count). The van der Waals surface area contributed by atoms with E-state index >= 15 is 0 Å². The van der Waals surface area contributed by atoms with Gasteiger partial charge in [-0.3, -0.25) is 4.79 Å². The number of carbonyl (C=O) groups is 1. The highest BCUT2D eigenvalue weighted by molar-refractivity contribution is 5.77. The lowest BCUT2D eigenvalue weighted by Gasteiger charge is -2.56. The Morgan fingerprint density at radius 3 is 2.12 bits per heavy atom. The summed E-state index contributed by atoms with van der Waals surface area (Å²) in [5.41, 5.74) is 0.194. The van der Waals surface area contributed by atoms with Crippen molar-refractivity contribution in [3.05, 3.63) is 0 Å². The Hall–Kier alpha value is -0.570. The minimum absolute atomic E-state index is 0.194. The quantitative estimate of drug-likeness (QED) is 0.780. The second-order valence-electron chi connectivity index (χ2n) is 6.60. The van der Waals surface area contributed by atoms with Gasteiger partial charge >= 0.3 is 0 Å². The van der Waals surface area contributed by atoms with E-state index in [4.69, 9.17) is 0 Å². The van der Waals surface area contributed by atoms with Crippen molar-refractivity contribution in [2.45, 2.75) is 50.5 Å². The molecule has 4 saturated carbocycles. The number of rotatable bonds is 4. The van der Waals surface area contributed by atoms with E-state index in [0.29, 0.717) is 6.42 Å². The van der Waals surface area contributed by atoms with E-state index in [1.165, 1.54) is 38.5 Å². The molecule has 2 N–H and O–H groups in total. The molecule has 0 aromatic rings. The smallest absolute Gasteiger partial charge is 0.221 e. The molecular formula is C14H24N2O. The summed E-state index contributed by atoms with van der Waals surface area (Å²) in [7, 11) is 1.90. The Bertz CT molecular complexity index is 278. The molecule has 0 spiro atoms. The summed E-state index contributed by atoms with van der Waals surface area (Å²) < 4.78 is 0. The van der Waals surface area contributed by atoms with Crippen LogP contribution in [0.25, 0.3) is 0 Å². The van der Waals surface area contributed by atoms with E-state index in [1.54, 1.807) is 0 Å². The normalized spacial score (nSPS) is 42.8. The van der Waals surface area contributed by atoms with Crippen LogP contribution in [0.15, 0.2) is 0 Å². The van der Waals surface area contributed by atoms with Crippen molar-refractivity contribution in [2.24, 2.45) is 17.8 Å². The van der Waals surface area contributed by atoms with E-state index in [9.17, 15) is 4.79 Å². The fourth-order valence-corrected chi connectivity index (χ4v) is 4.86. The molecule has 4 aliphatic rings. The van der Waals surface area contributed by atoms with Gasteiger partial charge in [-0.2, -0.15) is 0 Å². The molecule has 0 atom stereocenters. The molecule has 4 fully saturated rings. The molecule has 3 heteroatoms. The molecule has 17 heavy (non-hydrogen) atoms. The molecule has 96 valence electrons. The van der Waals surface area contributed by atoms with Gasteiger partial charge in [-0.15, -0.1) is 0 Å². The zero-order valence-electron chi connectivity index (χ0n) is 10.8. The van der Waals surface area contributed by atoms with Crippen LogP contribution >= 0.6 is 0 Å². The predicted octanol–water partition coefficient (Wildman–Crippen LogP) is 1.68. The van der Waals surface area contributed by atoms with Crippen molar-refractivity contribution in [2.75, 3.05) is 13.6 Å². The zero-order chi connectivity index (χ0) is 11.9. The maximum absolute atomic E-state index is 11.9. The lowest BCUT2D eigenvalue weighted by atomic mass is 9.53. The van der Waals surface area contributed by atoms with Gasteiger partial charge in [0.15, 0.2) is 0 Å². The van der Waals surface area contributed by atoms with Crippen molar-refractivity contribution >= 4 is 5.91 Å². The lowest BCUT2D eigenvalue weighted by Crippen LogP contribution is -2.60. The summed E-state index contributed by atoms with van der Waals surface area (Å²) in [4.78, 5) is 11.9. The van der Waals surface area contributed by atoms with Crippen LogP contribution in [0.1, 0.15) is 44.9 Å². The van der Waals surface area contributed by atoms with Gasteiger partial charge in [0.1, 0.15) is 0 Å². The lowest BCUT2D eigenvalue weighted by molar-refractivity contribution is -0.126. The molecule has 4 aliphatic carbocycles. The molecule has 0 heterocycles. The highest BCUT2D eigenvalue weighted by Crippen LogP contribution is 2.55. The van der Waals surface area contributed by atoms with Crippen LogP contribution in [0.2, 0.25) is 0 Å². The van der Waals surface area contributed by atoms with Crippen LogP contribution in [0.4, 0.5) is 0 Å². The minimum Gasteiger partial charge on any atom is -0.351 e. The second-order valence-corrected chi connectivity index (χ2v) is 6.60. The molecule has 0 radical (unpaired) electrons. The summed E-state index contributed by atoms with van der Waals surface area (Å²) in [6.07, 6.45) is 8.69. The molecular weight excluding hydrogens is 212 g/mol. The van der Waals surface area contributed by atoms with Crippen LogP contribution in [0.3, 0.4) is 0 Å². The third kappa shape index (κ3) is 2.22. The van der Waals surface area contributed by atoms with E-state index in [0.717, 1.165) is 24.3 Å². The summed E-state index contributed by atoms with van der Waals surface area (Å²) in [6.45, 7) is 0.790. The number of amides is 1. The van der Waals surface area contributed by atoms with Crippen LogP contribution in [-0.2, 0) is 4.79 Å². The molecule has 0 saturated heterocycles. The number of nitrogens with one attached hydrogen (secondary N) is 2. The van der Waals surface area contributed by atoms with Gasteiger partial charge in [0, 0.05) is 18.5 Å². The average Bonchev–Trinajstić information content (AvgIpc) is 2.23. The topological polar surface area (TPSA) is 41.1 Å². The Labute approximate surface area is 104 Å². The molecule has 1 amide bonds. The number of hydrogen-bond donors (Lipinski definition) is 2. The molecule has 0 aliphatic heterocycles. The first-order valence-electron chi connectivity index (χ1n) is 7.15. The van der Waals surface area contributed by atoms with Crippen molar-refractivity contribution in [3.8, 4) is 0 Å². The highest BCUT2D eigenvalue weighted by atomic mass is 16.1. The van der Waals surface area contributed by atoms with Gasteiger partial charge in [0.25, 0.3) is 0 Å². The predicted molar refractivity (Wildman–Crippen MR) is 67.6 cm³/mol. The summed E-state index contributed by atoms with van der Waals surface area (Å²) in [5, 5.41) is 6.43. The number of hydrogen-bond acceptors (Lipinski definition) is 2. The second kappa shape index (κ2) is 4.27. The van der Waals surface area contributed by atoms with Crippen molar-refractivity contribution in [1.29, 1.82) is 0 Å². The standard InChI is InChI=1S/C14H24N2O/c1-15-3-2-13(17)16-14-7-10-4-11(8-14)6-12(5-10)9-14/h10-12,15H,2-9H2,1H3,(H,16,17). The SMILES string of the molecule is CNCCC(=O)NC12CC3CC(CC(C3)C1)C2. The van der Waals surface area contributed by atoms with E-state index in [2.05, 4.69) is 10.6 Å².